The van der Waals surface area contributed by atoms with Crippen LogP contribution in [0.3, 0.4) is 0 Å². The van der Waals surface area contributed by atoms with Gasteiger partial charge in [0.2, 0.25) is 0 Å². The smallest absolute Gasteiger partial charge is 0.0993 e. The number of aromatic nitrogens is 1. The first-order valence-corrected chi connectivity index (χ1v) is 7.90. The molecule has 1 saturated heterocycles. The summed E-state index contributed by atoms with van der Waals surface area (Å²) in [5.41, 5.74) is 1.32. The fourth-order valence-corrected chi connectivity index (χ4v) is 5.14. The van der Waals surface area contributed by atoms with Crippen molar-refractivity contribution in [1.82, 2.24) is 4.98 Å². The van der Waals surface area contributed by atoms with Gasteiger partial charge in [-0.25, -0.2) is 4.98 Å². The molecular formula is C15H16N2OS. The molecule has 1 aliphatic heterocycles. The van der Waals surface area contributed by atoms with Gasteiger partial charge >= 0.3 is 0 Å². The third-order valence-corrected chi connectivity index (χ3v) is 6.38. The lowest BCUT2D eigenvalue weighted by Gasteiger charge is -2.45. The van der Waals surface area contributed by atoms with Crippen LogP contribution in [0.4, 0.5) is 0 Å². The number of nitrogens with zero attached hydrogens (tertiary/aromatic N) is 2. The number of ether oxygens (including phenoxy) is 1. The fraction of sp³-hybridized carbons (Fsp3) is 0.600. The van der Waals surface area contributed by atoms with E-state index in [4.69, 9.17) is 10.00 Å². The highest BCUT2D eigenvalue weighted by atomic mass is 32.2. The largest absolute Gasteiger partial charge is 0.374 e. The molecule has 2 aliphatic carbocycles. The first-order valence-electron chi connectivity index (χ1n) is 6.91. The highest BCUT2D eigenvalue weighted by Gasteiger charge is 2.72. The van der Waals surface area contributed by atoms with Gasteiger partial charge in [0.05, 0.1) is 28.9 Å². The zero-order valence-corrected chi connectivity index (χ0v) is 11.6. The standard InChI is InChI=1S/C15H16N2OS/c16-8-11-2-5-17-13(6-11)19-10-14-7-12(14)9-18-15(14)3-1-4-15/h2,5-6,12H,1,3-4,7,9-10H2/t12-,14+/m0/s1. The summed E-state index contributed by atoms with van der Waals surface area (Å²) in [6, 6.07) is 5.82. The Morgan fingerprint density at radius 1 is 1.53 bits per heavy atom. The Bertz CT molecular complexity index is 564. The maximum absolute atomic E-state index is 8.92. The molecule has 0 unspecified atom stereocenters. The SMILES string of the molecule is N#Cc1ccnc(SC[C@]23C[C@H]2COC32CCC2)c1. The molecule has 0 radical (unpaired) electrons. The highest BCUT2D eigenvalue weighted by molar-refractivity contribution is 7.99. The first kappa shape index (κ1) is 11.7. The van der Waals surface area contributed by atoms with E-state index in [0.29, 0.717) is 11.0 Å². The molecule has 1 aromatic rings. The van der Waals surface area contributed by atoms with Gasteiger partial charge in [0, 0.05) is 17.4 Å². The number of thioether (sulfide) groups is 1. The molecule has 3 nitrogen and oxygen atoms in total. The lowest BCUT2D eigenvalue weighted by molar-refractivity contribution is -0.105. The van der Waals surface area contributed by atoms with Crippen LogP contribution in [0.5, 0.6) is 0 Å². The first-order chi connectivity index (χ1) is 9.28. The number of fused-ring (bicyclic) bond motifs is 2. The van der Waals surface area contributed by atoms with Crippen molar-refractivity contribution in [3.63, 3.8) is 0 Å². The number of hydrogen-bond donors (Lipinski definition) is 0. The lowest BCUT2D eigenvalue weighted by Crippen LogP contribution is -2.47. The summed E-state index contributed by atoms with van der Waals surface area (Å²) in [5, 5.41) is 9.90. The van der Waals surface area contributed by atoms with Gasteiger partial charge in [-0.2, -0.15) is 5.26 Å². The number of rotatable bonds is 3. The third kappa shape index (κ3) is 1.58. The van der Waals surface area contributed by atoms with Crippen molar-refractivity contribution in [1.29, 1.82) is 5.26 Å². The van der Waals surface area contributed by atoms with Crippen molar-refractivity contribution in [2.75, 3.05) is 12.4 Å². The van der Waals surface area contributed by atoms with Crippen LogP contribution < -0.4 is 0 Å². The third-order valence-electron chi connectivity index (χ3n) is 5.20. The molecule has 3 fully saturated rings. The molecule has 0 aromatic carbocycles. The number of nitriles is 1. The summed E-state index contributed by atoms with van der Waals surface area (Å²) < 4.78 is 6.09. The molecule has 0 bridgehead atoms. The van der Waals surface area contributed by atoms with E-state index in [-0.39, 0.29) is 5.60 Å². The summed E-state index contributed by atoms with van der Waals surface area (Å²) >= 11 is 1.80. The predicted molar refractivity (Wildman–Crippen MR) is 72.8 cm³/mol. The van der Waals surface area contributed by atoms with Crippen LogP contribution in [0.2, 0.25) is 0 Å². The van der Waals surface area contributed by atoms with Crippen LogP contribution in [-0.4, -0.2) is 22.9 Å². The molecule has 1 aromatic heterocycles. The molecule has 3 aliphatic rings. The van der Waals surface area contributed by atoms with Gasteiger partial charge in [0.15, 0.2) is 0 Å². The van der Waals surface area contributed by atoms with Crippen molar-refractivity contribution in [3.8, 4) is 6.07 Å². The van der Waals surface area contributed by atoms with Gasteiger partial charge in [-0.1, -0.05) is 0 Å². The zero-order chi connectivity index (χ0) is 12.9. The van der Waals surface area contributed by atoms with Gasteiger partial charge in [0.25, 0.3) is 0 Å². The van der Waals surface area contributed by atoms with Gasteiger partial charge in [-0.05, 0) is 43.7 Å². The maximum atomic E-state index is 8.92. The van der Waals surface area contributed by atoms with Crippen LogP contribution in [0, 0.1) is 22.7 Å². The second kappa shape index (κ2) is 3.97. The van der Waals surface area contributed by atoms with Crippen LogP contribution in [-0.2, 0) is 4.74 Å². The second-order valence-corrected chi connectivity index (χ2v) is 6.99. The average molecular weight is 272 g/mol. The van der Waals surface area contributed by atoms with E-state index in [1.54, 1.807) is 24.0 Å². The minimum Gasteiger partial charge on any atom is -0.374 e. The van der Waals surface area contributed by atoms with E-state index in [0.717, 1.165) is 23.3 Å². The van der Waals surface area contributed by atoms with E-state index in [1.165, 1.54) is 25.7 Å². The monoisotopic (exact) mass is 272 g/mol. The van der Waals surface area contributed by atoms with Gasteiger partial charge in [-0.3, -0.25) is 0 Å². The fourth-order valence-electron chi connectivity index (χ4n) is 3.77. The van der Waals surface area contributed by atoms with Crippen molar-refractivity contribution in [3.05, 3.63) is 23.9 Å². The van der Waals surface area contributed by atoms with Gasteiger partial charge < -0.3 is 4.74 Å². The summed E-state index contributed by atoms with van der Waals surface area (Å²) in [5.74, 6) is 1.87. The molecule has 19 heavy (non-hydrogen) atoms. The van der Waals surface area contributed by atoms with E-state index in [9.17, 15) is 0 Å². The molecule has 4 heteroatoms. The second-order valence-electron chi connectivity index (χ2n) is 6.00. The van der Waals surface area contributed by atoms with Crippen LogP contribution in [0.25, 0.3) is 0 Å². The van der Waals surface area contributed by atoms with Crippen molar-refractivity contribution in [2.24, 2.45) is 11.3 Å². The lowest BCUT2D eigenvalue weighted by atomic mass is 9.69. The van der Waals surface area contributed by atoms with Crippen LogP contribution in [0.1, 0.15) is 31.2 Å². The van der Waals surface area contributed by atoms with Crippen molar-refractivity contribution < 1.29 is 4.74 Å². The molecule has 2 atom stereocenters. The van der Waals surface area contributed by atoms with Crippen LogP contribution in [0.15, 0.2) is 23.4 Å². The predicted octanol–water partition coefficient (Wildman–Crippen LogP) is 3.00. The number of hydrogen-bond acceptors (Lipinski definition) is 4. The Morgan fingerprint density at radius 3 is 3.11 bits per heavy atom. The van der Waals surface area contributed by atoms with E-state index >= 15 is 0 Å². The van der Waals surface area contributed by atoms with E-state index in [1.807, 2.05) is 6.07 Å². The average Bonchev–Trinajstić information content (AvgIpc) is 3.02. The van der Waals surface area contributed by atoms with Crippen molar-refractivity contribution in [2.45, 2.75) is 36.3 Å². The quantitative estimate of drug-likeness (QED) is 0.794. The van der Waals surface area contributed by atoms with Crippen LogP contribution >= 0.6 is 11.8 Å². The molecule has 98 valence electrons. The molecule has 0 amide bonds. The Balaban J connectivity index is 1.49. The molecule has 2 saturated carbocycles. The van der Waals surface area contributed by atoms with E-state index < -0.39 is 0 Å². The van der Waals surface area contributed by atoms with Gasteiger partial charge in [0.1, 0.15) is 0 Å². The summed E-state index contributed by atoms with van der Waals surface area (Å²) in [7, 11) is 0. The maximum Gasteiger partial charge on any atom is 0.0993 e. The Kier molecular flexibility index (Phi) is 2.46. The zero-order valence-electron chi connectivity index (χ0n) is 10.8. The van der Waals surface area contributed by atoms with E-state index in [2.05, 4.69) is 11.1 Å². The van der Waals surface area contributed by atoms with Gasteiger partial charge in [-0.15, -0.1) is 11.8 Å². The molecule has 0 N–H and O–H groups in total. The summed E-state index contributed by atoms with van der Waals surface area (Å²) in [4.78, 5) is 4.36. The van der Waals surface area contributed by atoms with Crippen molar-refractivity contribution >= 4 is 11.8 Å². The number of pyridine rings is 1. The topological polar surface area (TPSA) is 45.9 Å². The Morgan fingerprint density at radius 2 is 2.42 bits per heavy atom. The molecule has 1 spiro atoms. The Hall–Kier alpha value is -1.05. The minimum absolute atomic E-state index is 0.206. The summed E-state index contributed by atoms with van der Waals surface area (Å²) in [6.45, 7) is 0.965. The molecule has 4 rings (SSSR count). The highest BCUT2D eigenvalue weighted by Crippen LogP contribution is 2.72. The molecule has 2 heterocycles. The summed E-state index contributed by atoms with van der Waals surface area (Å²) in [6.07, 6.45) is 6.87. The normalized spacial score (nSPS) is 33.5. The Labute approximate surface area is 117 Å². The minimum atomic E-state index is 0.206. The molecular weight excluding hydrogens is 256 g/mol.